The van der Waals surface area contributed by atoms with Crippen LogP contribution in [-0.4, -0.2) is 28.9 Å². The number of hydrogen-bond acceptors (Lipinski definition) is 2. The van der Waals surface area contributed by atoms with Crippen molar-refractivity contribution in [1.82, 2.24) is 9.88 Å². The minimum Gasteiger partial charge on any atom is -0.342 e. The van der Waals surface area contributed by atoms with Gasteiger partial charge in [0.05, 0.1) is 5.69 Å². The molecular formula is C19H22N2O. The van der Waals surface area contributed by atoms with Gasteiger partial charge < -0.3 is 4.90 Å². The Kier molecular flexibility index (Phi) is 4.23. The molecule has 2 aromatic rings. The molecule has 3 nitrogen and oxygen atoms in total. The zero-order valence-electron chi connectivity index (χ0n) is 13.2. The average molecular weight is 294 g/mol. The predicted molar refractivity (Wildman–Crippen MR) is 88.6 cm³/mol. The number of carbonyl (C=O) groups is 1. The van der Waals surface area contributed by atoms with Gasteiger partial charge in [-0.25, -0.2) is 0 Å². The molecule has 1 fully saturated rings. The third-order valence-electron chi connectivity index (χ3n) is 4.48. The van der Waals surface area contributed by atoms with Crippen LogP contribution >= 0.6 is 0 Å². The van der Waals surface area contributed by atoms with Crippen LogP contribution in [0.25, 0.3) is 11.3 Å². The summed E-state index contributed by atoms with van der Waals surface area (Å²) in [5, 5.41) is 0. The van der Waals surface area contributed by atoms with Gasteiger partial charge in [0.15, 0.2) is 0 Å². The molecule has 0 aliphatic carbocycles. The Morgan fingerprint density at radius 3 is 2.77 bits per heavy atom. The summed E-state index contributed by atoms with van der Waals surface area (Å²) in [4.78, 5) is 18.4. The Labute approximate surface area is 132 Å². The smallest absolute Gasteiger partial charge is 0.219 e. The fourth-order valence-electron chi connectivity index (χ4n) is 3.19. The van der Waals surface area contributed by atoms with Crippen LogP contribution in [0, 0.1) is 6.92 Å². The van der Waals surface area contributed by atoms with E-state index in [1.807, 2.05) is 4.90 Å². The second-order valence-corrected chi connectivity index (χ2v) is 6.07. The van der Waals surface area contributed by atoms with E-state index in [2.05, 4.69) is 49.4 Å². The van der Waals surface area contributed by atoms with Crippen LogP contribution in [0.1, 0.15) is 36.9 Å². The van der Waals surface area contributed by atoms with Crippen molar-refractivity contribution in [2.24, 2.45) is 0 Å². The zero-order chi connectivity index (χ0) is 15.5. The lowest BCUT2D eigenvalue weighted by Crippen LogP contribution is -2.37. The lowest BCUT2D eigenvalue weighted by Gasteiger charge is -2.31. The van der Waals surface area contributed by atoms with Gasteiger partial charge in [0.1, 0.15) is 0 Å². The molecule has 0 unspecified atom stereocenters. The number of aryl methyl sites for hydroxylation is 1. The Balaban J connectivity index is 1.88. The molecule has 0 N–H and O–H groups in total. The fraction of sp³-hybridized carbons (Fsp3) is 0.368. The van der Waals surface area contributed by atoms with Crippen molar-refractivity contribution < 1.29 is 4.79 Å². The van der Waals surface area contributed by atoms with Crippen molar-refractivity contribution in [2.75, 3.05) is 13.1 Å². The first kappa shape index (κ1) is 14.8. The van der Waals surface area contributed by atoms with E-state index in [1.165, 1.54) is 11.1 Å². The number of carbonyl (C=O) groups excluding carboxylic acids is 1. The number of pyridine rings is 1. The Morgan fingerprint density at radius 1 is 1.18 bits per heavy atom. The van der Waals surface area contributed by atoms with Gasteiger partial charge in [0.2, 0.25) is 5.91 Å². The SMILES string of the molecule is CC(=O)N1CCC[C@@H](c2cccc(-c3ccccc3C)n2)C1. The summed E-state index contributed by atoms with van der Waals surface area (Å²) >= 11 is 0. The number of rotatable bonds is 2. The van der Waals surface area contributed by atoms with E-state index in [-0.39, 0.29) is 5.91 Å². The van der Waals surface area contributed by atoms with Gasteiger partial charge >= 0.3 is 0 Å². The molecule has 1 aromatic heterocycles. The number of piperidine rings is 1. The lowest BCUT2D eigenvalue weighted by atomic mass is 9.93. The molecule has 1 aromatic carbocycles. The summed E-state index contributed by atoms with van der Waals surface area (Å²) in [6, 6.07) is 14.6. The first-order valence-corrected chi connectivity index (χ1v) is 7.93. The standard InChI is InChI=1S/C19H22N2O/c1-14-7-3-4-9-17(14)19-11-5-10-18(20-19)16-8-6-12-21(13-16)15(2)22/h3-5,7,9-11,16H,6,8,12-13H2,1-2H3/t16-/m1/s1. The molecule has 0 radical (unpaired) electrons. The largest absolute Gasteiger partial charge is 0.342 e. The maximum Gasteiger partial charge on any atom is 0.219 e. The second-order valence-electron chi connectivity index (χ2n) is 6.07. The first-order valence-electron chi connectivity index (χ1n) is 7.93. The van der Waals surface area contributed by atoms with Gasteiger partial charge in [-0.1, -0.05) is 30.3 Å². The Bertz CT molecular complexity index is 681. The monoisotopic (exact) mass is 294 g/mol. The van der Waals surface area contributed by atoms with E-state index in [9.17, 15) is 4.79 Å². The van der Waals surface area contributed by atoms with Crippen molar-refractivity contribution in [3.05, 3.63) is 53.7 Å². The van der Waals surface area contributed by atoms with Gasteiger partial charge in [0, 0.05) is 37.2 Å². The summed E-state index contributed by atoms with van der Waals surface area (Å²) in [5.41, 5.74) is 4.55. The highest BCUT2D eigenvalue weighted by Gasteiger charge is 2.24. The fourth-order valence-corrected chi connectivity index (χ4v) is 3.19. The van der Waals surface area contributed by atoms with E-state index in [4.69, 9.17) is 4.98 Å². The van der Waals surface area contributed by atoms with Crippen LogP contribution in [0.5, 0.6) is 0 Å². The minimum atomic E-state index is 0.166. The van der Waals surface area contributed by atoms with Crippen molar-refractivity contribution in [1.29, 1.82) is 0 Å². The predicted octanol–water partition coefficient (Wildman–Crippen LogP) is 3.78. The molecule has 1 atom stereocenters. The van der Waals surface area contributed by atoms with Crippen LogP contribution in [0.4, 0.5) is 0 Å². The molecule has 114 valence electrons. The summed E-state index contributed by atoms with van der Waals surface area (Å²) in [5.74, 6) is 0.515. The third kappa shape index (κ3) is 3.03. The highest BCUT2D eigenvalue weighted by atomic mass is 16.2. The van der Waals surface area contributed by atoms with E-state index < -0.39 is 0 Å². The van der Waals surface area contributed by atoms with Crippen LogP contribution in [0.15, 0.2) is 42.5 Å². The normalized spacial score (nSPS) is 18.3. The molecule has 22 heavy (non-hydrogen) atoms. The maximum absolute atomic E-state index is 11.6. The van der Waals surface area contributed by atoms with Gasteiger partial charge in [0.25, 0.3) is 0 Å². The number of hydrogen-bond donors (Lipinski definition) is 0. The first-order chi connectivity index (χ1) is 10.6. The van der Waals surface area contributed by atoms with E-state index in [0.717, 1.165) is 37.3 Å². The van der Waals surface area contributed by atoms with E-state index in [0.29, 0.717) is 5.92 Å². The van der Waals surface area contributed by atoms with Gasteiger partial charge in [-0.15, -0.1) is 0 Å². The van der Waals surface area contributed by atoms with E-state index in [1.54, 1.807) is 6.92 Å². The average Bonchev–Trinajstić information content (AvgIpc) is 2.55. The molecule has 1 aliphatic rings. The summed E-state index contributed by atoms with van der Waals surface area (Å²) in [6.45, 7) is 5.43. The highest BCUT2D eigenvalue weighted by molar-refractivity contribution is 5.73. The van der Waals surface area contributed by atoms with Crippen LogP contribution in [0.3, 0.4) is 0 Å². The molecule has 2 heterocycles. The molecule has 3 rings (SSSR count). The molecule has 0 saturated carbocycles. The van der Waals surface area contributed by atoms with Crippen LogP contribution < -0.4 is 0 Å². The van der Waals surface area contributed by atoms with Crippen molar-refractivity contribution in [2.45, 2.75) is 32.6 Å². The molecule has 0 spiro atoms. The summed E-state index contributed by atoms with van der Waals surface area (Å²) < 4.78 is 0. The summed E-state index contributed by atoms with van der Waals surface area (Å²) in [6.07, 6.45) is 2.16. The molecule has 0 bridgehead atoms. The number of aromatic nitrogens is 1. The van der Waals surface area contributed by atoms with Crippen molar-refractivity contribution in [3.8, 4) is 11.3 Å². The maximum atomic E-state index is 11.6. The van der Waals surface area contributed by atoms with Crippen LogP contribution in [-0.2, 0) is 4.79 Å². The molecule has 1 amide bonds. The summed E-state index contributed by atoms with van der Waals surface area (Å²) in [7, 11) is 0. The number of amides is 1. The third-order valence-corrected chi connectivity index (χ3v) is 4.48. The molecule has 1 aliphatic heterocycles. The van der Waals surface area contributed by atoms with Gasteiger partial charge in [-0.3, -0.25) is 9.78 Å². The molecular weight excluding hydrogens is 272 g/mol. The van der Waals surface area contributed by atoms with Crippen LogP contribution in [0.2, 0.25) is 0 Å². The van der Waals surface area contributed by atoms with E-state index >= 15 is 0 Å². The zero-order valence-corrected chi connectivity index (χ0v) is 13.2. The topological polar surface area (TPSA) is 33.2 Å². The Morgan fingerprint density at radius 2 is 2.00 bits per heavy atom. The second kappa shape index (κ2) is 6.30. The molecule has 3 heteroatoms. The van der Waals surface area contributed by atoms with Gasteiger partial charge in [-0.2, -0.15) is 0 Å². The minimum absolute atomic E-state index is 0.166. The van der Waals surface area contributed by atoms with Gasteiger partial charge in [-0.05, 0) is 37.5 Å². The number of benzene rings is 1. The molecule has 1 saturated heterocycles. The number of likely N-dealkylation sites (tertiary alicyclic amines) is 1. The van der Waals surface area contributed by atoms with Crippen molar-refractivity contribution in [3.63, 3.8) is 0 Å². The quantitative estimate of drug-likeness (QED) is 0.844. The van der Waals surface area contributed by atoms with Crippen molar-refractivity contribution >= 4 is 5.91 Å². The Hall–Kier alpha value is -2.16. The highest BCUT2D eigenvalue weighted by Crippen LogP contribution is 2.28. The number of nitrogens with zero attached hydrogens (tertiary/aromatic N) is 2. The lowest BCUT2D eigenvalue weighted by molar-refractivity contribution is -0.130.